The van der Waals surface area contributed by atoms with Crippen LogP contribution in [0.5, 0.6) is 5.75 Å². The lowest BCUT2D eigenvalue weighted by atomic mass is 10.1. The molecule has 0 atom stereocenters. The first kappa shape index (κ1) is 12.4. The van der Waals surface area contributed by atoms with E-state index in [2.05, 4.69) is 11.4 Å². The molecular formula is C17H16N2O. The minimum absolute atomic E-state index is 0.770. The number of para-hydroxylation sites is 2. The fraction of sp³-hybridized carbons (Fsp3) is 0.0588. The van der Waals surface area contributed by atoms with Gasteiger partial charge in [-0.05, 0) is 35.7 Å². The van der Waals surface area contributed by atoms with Gasteiger partial charge in [0.05, 0.1) is 12.8 Å². The van der Waals surface area contributed by atoms with Crippen molar-refractivity contribution in [3.8, 4) is 5.75 Å². The molecule has 3 heteroatoms. The van der Waals surface area contributed by atoms with Crippen molar-refractivity contribution in [1.82, 2.24) is 0 Å². The summed E-state index contributed by atoms with van der Waals surface area (Å²) >= 11 is 0. The number of benzene rings is 3. The molecule has 0 fully saturated rings. The number of ether oxygens (including phenoxy) is 1. The van der Waals surface area contributed by atoms with Gasteiger partial charge >= 0.3 is 0 Å². The van der Waals surface area contributed by atoms with Crippen molar-refractivity contribution in [1.29, 1.82) is 0 Å². The van der Waals surface area contributed by atoms with Crippen molar-refractivity contribution in [2.24, 2.45) is 0 Å². The van der Waals surface area contributed by atoms with Gasteiger partial charge in [0.25, 0.3) is 0 Å². The summed E-state index contributed by atoms with van der Waals surface area (Å²) in [6.45, 7) is 0. The maximum Gasteiger partial charge on any atom is 0.142 e. The number of hydrogen-bond acceptors (Lipinski definition) is 3. The number of nitrogens with one attached hydrogen (secondary N) is 1. The molecule has 3 N–H and O–H groups in total. The van der Waals surface area contributed by atoms with Gasteiger partial charge in [0, 0.05) is 16.8 Å². The predicted molar refractivity (Wildman–Crippen MR) is 84.6 cm³/mol. The minimum Gasteiger partial charge on any atom is -0.495 e. The number of anilines is 3. The summed E-state index contributed by atoms with van der Waals surface area (Å²) in [5.41, 5.74) is 8.58. The largest absolute Gasteiger partial charge is 0.495 e. The summed E-state index contributed by atoms with van der Waals surface area (Å²) in [7, 11) is 1.67. The summed E-state index contributed by atoms with van der Waals surface area (Å²) in [6.07, 6.45) is 0. The van der Waals surface area contributed by atoms with Crippen molar-refractivity contribution in [2.45, 2.75) is 0 Å². The minimum atomic E-state index is 0.770. The highest BCUT2D eigenvalue weighted by atomic mass is 16.5. The van der Waals surface area contributed by atoms with Gasteiger partial charge in [-0.1, -0.05) is 30.3 Å². The molecule has 0 saturated heterocycles. The molecule has 0 saturated carbocycles. The molecular weight excluding hydrogens is 248 g/mol. The average Bonchev–Trinajstić information content (AvgIpc) is 2.47. The van der Waals surface area contributed by atoms with Gasteiger partial charge in [-0.25, -0.2) is 0 Å². The zero-order valence-corrected chi connectivity index (χ0v) is 11.3. The topological polar surface area (TPSA) is 47.3 Å². The van der Waals surface area contributed by atoms with E-state index in [9.17, 15) is 0 Å². The van der Waals surface area contributed by atoms with E-state index < -0.39 is 0 Å². The second-order valence-corrected chi connectivity index (χ2v) is 4.61. The van der Waals surface area contributed by atoms with E-state index in [4.69, 9.17) is 10.5 Å². The molecule has 0 aliphatic carbocycles. The predicted octanol–water partition coefficient (Wildman–Crippen LogP) is 4.17. The number of nitrogen functional groups attached to an aromatic ring is 1. The monoisotopic (exact) mass is 264 g/mol. The number of fused-ring (bicyclic) bond motifs is 1. The maximum absolute atomic E-state index is 5.83. The van der Waals surface area contributed by atoms with Crippen LogP contribution >= 0.6 is 0 Å². The van der Waals surface area contributed by atoms with E-state index in [0.29, 0.717) is 0 Å². The summed E-state index contributed by atoms with van der Waals surface area (Å²) in [4.78, 5) is 0. The number of hydrogen-bond donors (Lipinski definition) is 2. The van der Waals surface area contributed by atoms with Gasteiger partial charge in [0.1, 0.15) is 5.75 Å². The molecule has 3 aromatic rings. The number of nitrogens with two attached hydrogens (primary N) is 1. The first-order valence-corrected chi connectivity index (χ1v) is 6.46. The van der Waals surface area contributed by atoms with E-state index >= 15 is 0 Å². The van der Waals surface area contributed by atoms with Crippen LogP contribution < -0.4 is 15.8 Å². The van der Waals surface area contributed by atoms with E-state index in [-0.39, 0.29) is 0 Å². The second kappa shape index (κ2) is 5.13. The van der Waals surface area contributed by atoms with Gasteiger partial charge < -0.3 is 15.8 Å². The normalized spacial score (nSPS) is 10.4. The second-order valence-electron chi connectivity index (χ2n) is 4.61. The summed E-state index contributed by atoms with van der Waals surface area (Å²) in [6, 6.07) is 19.9. The first-order chi connectivity index (χ1) is 9.78. The van der Waals surface area contributed by atoms with Crippen LogP contribution in [0.25, 0.3) is 10.8 Å². The molecule has 3 nitrogen and oxygen atoms in total. The summed E-state index contributed by atoms with van der Waals surface area (Å²) in [5.74, 6) is 0.819. The SMILES string of the molecule is COc1ccccc1Nc1cccc2cc(N)ccc12. The molecule has 0 aromatic heterocycles. The van der Waals surface area contributed by atoms with Crippen LogP contribution in [0.1, 0.15) is 0 Å². The first-order valence-electron chi connectivity index (χ1n) is 6.46. The lowest BCUT2D eigenvalue weighted by Gasteiger charge is -2.13. The molecule has 0 unspecified atom stereocenters. The Morgan fingerprint density at radius 3 is 2.55 bits per heavy atom. The molecule has 0 bridgehead atoms. The molecule has 0 amide bonds. The molecule has 0 heterocycles. The van der Waals surface area contributed by atoms with Crippen molar-refractivity contribution < 1.29 is 4.74 Å². The van der Waals surface area contributed by atoms with Gasteiger partial charge in [-0.3, -0.25) is 0 Å². The molecule has 0 aliphatic heterocycles. The van der Waals surface area contributed by atoms with Gasteiger partial charge in [0.15, 0.2) is 0 Å². The van der Waals surface area contributed by atoms with Gasteiger partial charge in [-0.2, -0.15) is 0 Å². The van der Waals surface area contributed by atoms with Gasteiger partial charge in [0.2, 0.25) is 0 Å². The van der Waals surface area contributed by atoms with Crippen molar-refractivity contribution in [2.75, 3.05) is 18.2 Å². The average molecular weight is 264 g/mol. The summed E-state index contributed by atoms with van der Waals surface area (Å²) < 4.78 is 5.37. The highest BCUT2D eigenvalue weighted by Crippen LogP contribution is 2.31. The summed E-state index contributed by atoms with van der Waals surface area (Å²) in [5, 5.41) is 5.67. The Hall–Kier alpha value is -2.68. The quantitative estimate of drug-likeness (QED) is 0.698. The van der Waals surface area contributed by atoms with E-state index in [1.165, 1.54) is 0 Å². The van der Waals surface area contributed by atoms with E-state index in [1.54, 1.807) is 7.11 Å². The third-order valence-corrected chi connectivity index (χ3v) is 3.28. The van der Waals surface area contributed by atoms with Crippen LogP contribution in [0.15, 0.2) is 60.7 Å². The van der Waals surface area contributed by atoms with Crippen LogP contribution in [-0.2, 0) is 0 Å². The Kier molecular flexibility index (Phi) is 3.17. The molecule has 100 valence electrons. The van der Waals surface area contributed by atoms with Crippen molar-refractivity contribution in [3.05, 3.63) is 60.7 Å². The lowest BCUT2D eigenvalue weighted by molar-refractivity contribution is 0.417. The van der Waals surface area contributed by atoms with Gasteiger partial charge in [-0.15, -0.1) is 0 Å². The molecule has 0 radical (unpaired) electrons. The fourth-order valence-electron chi connectivity index (χ4n) is 2.30. The number of rotatable bonds is 3. The Balaban J connectivity index is 2.07. The van der Waals surface area contributed by atoms with Crippen LogP contribution in [-0.4, -0.2) is 7.11 Å². The molecule has 3 rings (SSSR count). The van der Waals surface area contributed by atoms with E-state index in [1.807, 2.05) is 54.6 Å². The Labute approximate surface area is 118 Å². The zero-order chi connectivity index (χ0) is 13.9. The van der Waals surface area contributed by atoms with Crippen LogP contribution in [0.2, 0.25) is 0 Å². The third kappa shape index (κ3) is 2.26. The molecule has 0 aliphatic rings. The molecule has 20 heavy (non-hydrogen) atoms. The molecule has 3 aromatic carbocycles. The zero-order valence-electron chi connectivity index (χ0n) is 11.3. The molecule has 0 spiro atoms. The third-order valence-electron chi connectivity index (χ3n) is 3.28. The fourth-order valence-corrected chi connectivity index (χ4v) is 2.30. The standard InChI is InChI=1S/C17H16N2O/c1-20-17-8-3-2-6-16(17)19-15-7-4-5-12-11-13(18)9-10-14(12)15/h2-11,19H,18H2,1H3. The smallest absolute Gasteiger partial charge is 0.142 e. The van der Waals surface area contributed by atoms with Crippen LogP contribution in [0.4, 0.5) is 17.1 Å². The lowest BCUT2D eigenvalue weighted by Crippen LogP contribution is -1.95. The Morgan fingerprint density at radius 2 is 1.70 bits per heavy atom. The Bertz CT molecular complexity index is 753. The highest BCUT2D eigenvalue weighted by Gasteiger charge is 2.05. The maximum atomic E-state index is 5.83. The van der Waals surface area contributed by atoms with Crippen LogP contribution in [0.3, 0.4) is 0 Å². The number of methoxy groups -OCH3 is 1. The Morgan fingerprint density at radius 1 is 0.900 bits per heavy atom. The van der Waals surface area contributed by atoms with Crippen LogP contribution in [0, 0.1) is 0 Å². The van der Waals surface area contributed by atoms with Crippen molar-refractivity contribution in [3.63, 3.8) is 0 Å². The highest BCUT2D eigenvalue weighted by molar-refractivity contribution is 5.97. The van der Waals surface area contributed by atoms with Crippen molar-refractivity contribution >= 4 is 27.8 Å². The van der Waals surface area contributed by atoms with E-state index in [0.717, 1.165) is 33.6 Å².